The van der Waals surface area contributed by atoms with Crippen molar-refractivity contribution >= 4 is 135 Å². The van der Waals surface area contributed by atoms with Gasteiger partial charge < -0.3 is 9.32 Å². The van der Waals surface area contributed by atoms with Crippen LogP contribution < -0.4 is 4.90 Å². The number of nitrogens with zero attached hydrogens (tertiary/aromatic N) is 1. The number of benzene rings is 11. The van der Waals surface area contributed by atoms with Gasteiger partial charge in [-0.3, -0.25) is 0 Å². The topological polar surface area (TPSA) is 16.4 Å². The smallest absolute Gasteiger partial charge is 0.159 e. The van der Waals surface area contributed by atoms with Crippen LogP contribution in [0.25, 0.3) is 107 Å². The van der Waals surface area contributed by atoms with Gasteiger partial charge in [0, 0.05) is 31.6 Å². The molecule has 0 spiro atoms. The summed E-state index contributed by atoms with van der Waals surface area (Å²) in [5.74, 6) is 0. The van der Waals surface area contributed by atoms with Crippen molar-refractivity contribution in [1.82, 2.24) is 0 Å². The molecule has 0 N–H and O–H groups in total. The standard InChI is InChI=1S/C52H29NOS/c1-3-14-35-33(12-1)34-13-2-4-15-36(34)42-29-47-43(28-41(35)42)38-17-8-19-45(51(38)54-47)53(46-20-9-18-39-37-16-5-6-21-48(37)55-52(39)46)44-27-25-32-23-22-30-10-7-11-31-24-26-40(44)50(32)49(30)31/h1-29H. The highest BCUT2D eigenvalue weighted by Gasteiger charge is 2.25. The molecule has 0 atom stereocenters. The van der Waals surface area contributed by atoms with Gasteiger partial charge in [-0.05, 0) is 95.6 Å². The van der Waals surface area contributed by atoms with E-state index in [1.54, 1.807) is 0 Å². The van der Waals surface area contributed by atoms with Gasteiger partial charge in [-0.25, -0.2) is 0 Å². The summed E-state index contributed by atoms with van der Waals surface area (Å²) in [5, 5.41) is 19.9. The van der Waals surface area contributed by atoms with Crippen LogP contribution in [0.15, 0.2) is 180 Å². The largest absolute Gasteiger partial charge is 0.454 e. The molecule has 0 aliphatic heterocycles. The molecule has 11 aromatic carbocycles. The molecular weight excluding hydrogens is 687 g/mol. The number of anilines is 3. The third-order valence-corrected chi connectivity index (χ3v) is 13.2. The summed E-state index contributed by atoms with van der Waals surface area (Å²) < 4.78 is 9.68. The first kappa shape index (κ1) is 29.5. The Labute approximate surface area is 319 Å². The minimum Gasteiger partial charge on any atom is -0.454 e. The maximum Gasteiger partial charge on any atom is 0.159 e. The van der Waals surface area contributed by atoms with Crippen LogP contribution in [0.2, 0.25) is 0 Å². The normalized spacial score (nSPS) is 12.4. The van der Waals surface area contributed by atoms with Crippen molar-refractivity contribution in [3.8, 4) is 0 Å². The Balaban J connectivity index is 1.16. The van der Waals surface area contributed by atoms with Crippen LogP contribution in [-0.2, 0) is 0 Å². The number of hydrogen-bond donors (Lipinski definition) is 0. The van der Waals surface area contributed by atoms with Crippen LogP contribution >= 0.6 is 11.3 Å². The zero-order chi connectivity index (χ0) is 35.8. The molecule has 2 heterocycles. The van der Waals surface area contributed by atoms with Crippen LogP contribution in [-0.4, -0.2) is 0 Å². The number of rotatable bonds is 3. The van der Waals surface area contributed by atoms with Gasteiger partial charge in [0.1, 0.15) is 5.58 Å². The highest BCUT2D eigenvalue weighted by molar-refractivity contribution is 7.26. The zero-order valence-corrected chi connectivity index (χ0v) is 30.3. The van der Waals surface area contributed by atoms with E-state index < -0.39 is 0 Å². The molecule has 2 nitrogen and oxygen atoms in total. The van der Waals surface area contributed by atoms with Crippen LogP contribution in [0, 0.1) is 0 Å². The van der Waals surface area contributed by atoms with Gasteiger partial charge in [0.15, 0.2) is 5.58 Å². The van der Waals surface area contributed by atoms with E-state index in [1.165, 1.54) is 84.8 Å². The average molecular weight is 716 g/mol. The zero-order valence-electron chi connectivity index (χ0n) is 29.5. The maximum atomic E-state index is 7.13. The molecule has 0 aliphatic rings. The van der Waals surface area contributed by atoms with Gasteiger partial charge in [0.2, 0.25) is 0 Å². The average Bonchev–Trinajstić information content (AvgIpc) is 3.82. The molecule has 0 radical (unpaired) electrons. The van der Waals surface area contributed by atoms with Crippen molar-refractivity contribution in [3.63, 3.8) is 0 Å². The first-order chi connectivity index (χ1) is 27.3. The van der Waals surface area contributed by atoms with Gasteiger partial charge in [-0.15, -0.1) is 11.3 Å². The Kier molecular flexibility index (Phi) is 5.80. The molecule has 0 amide bonds. The number of hydrogen-bond acceptors (Lipinski definition) is 3. The van der Waals surface area contributed by atoms with E-state index in [0.717, 1.165) is 39.0 Å². The van der Waals surface area contributed by atoms with Gasteiger partial charge in [-0.1, -0.05) is 140 Å². The molecule has 55 heavy (non-hydrogen) atoms. The van der Waals surface area contributed by atoms with Crippen molar-refractivity contribution in [2.24, 2.45) is 0 Å². The molecular formula is C52H29NOS. The highest BCUT2D eigenvalue weighted by Crippen LogP contribution is 2.51. The second-order valence-corrected chi connectivity index (χ2v) is 15.8. The predicted molar refractivity (Wildman–Crippen MR) is 238 cm³/mol. The number of thiophene rings is 1. The summed E-state index contributed by atoms with van der Waals surface area (Å²) in [7, 11) is 0. The monoisotopic (exact) mass is 715 g/mol. The van der Waals surface area contributed by atoms with E-state index in [1.807, 2.05) is 11.3 Å². The summed E-state index contributed by atoms with van der Waals surface area (Å²) in [4.78, 5) is 2.47. The Hall–Kier alpha value is -6.94. The van der Waals surface area contributed by atoms with Gasteiger partial charge in [-0.2, -0.15) is 0 Å². The molecule has 2 aromatic heterocycles. The van der Waals surface area contributed by atoms with E-state index in [2.05, 4.69) is 181 Å². The van der Waals surface area contributed by atoms with Crippen LogP contribution in [0.5, 0.6) is 0 Å². The number of furan rings is 1. The van der Waals surface area contributed by atoms with Gasteiger partial charge in [0.05, 0.1) is 21.8 Å². The molecule has 0 saturated heterocycles. The van der Waals surface area contributed by atoms with Crippen molar-refractivity contribution in [3.05, 3.63) is 176 Å². The lowest BCUT2D eigenvalue weighted by molar-refractivity contribution is 0.669. The molecule has 0 aliphatic carbocycles. The highest BCUT2D eigenvalue weighted by atomic mass is 32.1. The molecule has 0 bridgehead atoms. The fraction of sp³-hybridized carbons (Fsp3) is 0. The van der Waals surface area contributed by atoms with E-state index in [9.17, 15) is 0 Å². The van der Waals surface area contributed by atoms with Gasteiger partial charge >= 0.3 is 0 Å². The summed E-state index contributed by atoms with van der Waals surface area (Å²) in [6.07, 6.45) is 0. The van der Waals surface area contributed by atoms with E-state index >= 15 is 0 Å². The SMILES string of the molecule is c1cc2ccc3ccc(N(c4cccc5c4oc4cc6c7ccccc7c7ccccc7c6cc45)c4cccc5c4sc4ccccc45)c4ccc(c1)c2c34. The summed E-state index contributed by atoms with van der Waals surface area (Å²) >= 11 is 1.86. The lowest BCUT2D eigenvalue weighted by atomic mass is 9.93. The van der Waals surface area contributed by atoms with Crippen molar-refractivity contribution < 1.29 is 4.42 Å². The molecule has 0 saturated carbocycles. The number of fused-ring (bicyclic) bond motifs is 12. The van der Waals surface area contributed by atoms with Crippen LogP contribution in [0.3, 0.4) is 0 Å². The lowest BCUT2D eigenvalue weighted by Gasteiger charge is -2.28. The van der Waals surface area contributed by atoms with E-state index in [-0.39, 0.29) is 0 Å². The molecule has 254 valence electrons. The Morgan fingerprint density at radius 3 is 1.67 bits per heavy atom. The van der Waals surface area contributed by atoms with Crippen molar-refractivity contribution in [2.45, 2.75) is 0 Å². The van der Waals surface area contributed by atoms with Crippen molar-refractivity contribution in [2.75, 3.05) is 4.90 Å². The van der Waals surface area contributed by atoms with E-state index in [4.69, 9.17) is 4.42 Å². The Bertz CT molecular complexity index is 3720. The minimum atomic E-state index is 0.880. The first-order valence-corrected chi connectivity index (χ1v) is 19.7. The minimum absolute atomic E-state index is 0.880. The maximum absolute atomic E-state index is 7.13. The van der Waals surface area contributed by atoms with Crippen LogP contribution in [0.4, 0.5) is 17.1 Å². The fourth-order valence-electron chi connectivity index (χ4n) is 9.57. The first-order valence-electron chi connectivity index (χ1n) is 18.8. The number of para-hydroxylation sites is 1. The predicted octanol–water partition coefficient (Wildman–Crippen LogP) is 15.8. The Morgan fingerprint density at radius 2 is 0.909 bits per heavy atom. The lowest BCUT2D eigenvalue weighted by Crippen LogP contribution is -2.11. The summed E-state index contributed by atoms with van der Waals surface area (Å²) in [6.45, 7) is 0. The molecule has 13 aromatic rings. The third kappa shape index (κ3) is 3.97. The van der Waals surface area contributed by atoms with Crippen molar-refractivity contribution in [1.29, 1.82) is 0 Å². The third-order valence-electron chi connectivity index (χ3n) is 12.0. The quantitative estimate of drug-likeness (QED) is 0.169. The molecule has 3 heteroatoms. The second kappa shape index (κ2) is 10.8. The van der Waals surface area contributed by atoms with Crippen LogP contribution in [0.1, 0.15) is 0 Å². The van der Waals surface area contributed by atoms with E-state index in [0.29, 0.717) is 0 Å². The summed E-state index contributed by atoms with van der Waals surface area (Å²) in [5.41, 5.74) is 5.07. The molecule has 13 rings (SSSR count). The van der Waals surface area contributed by atoms with Gasteiger partial charge in [0.25, 0.3) is 0 Å². The second-order valence-electron chi connectivity index (χ2n) is 14.8. The Morgan fingerprint density at radius 1 is 0.345 bits per heavy atom. The fourth-order valence-corrected chi connectivity index (χ4v) is 10.8. The molecule has 0 unspecified atom stereocenters. The molecule has 0 fully saturated rings. The summed E-state index contributed by atoms with van der Waals surface area (Å²) in [6, 6.07) is 64.7.